The number of nitrogens with two attached hydrogens (primary N) is 1. The largest absolute Gasteiger partial charge is 0.325 e. The van der Waals surface area contributed by atoms with Gasteiger partial charge in [-0.1, -0.05) is 0 Å². The molecule has 0 spiro atoms. The maximum atomic E-state index is 5.57. The van der Waals surface area contributed by atoms with E-state index >= 15 is 0 Å². The van der Waals surface area contributed by atoms with Crippen LogP contribution in [-0.2, 0) is 0 Å². The third-order valence-electron chi connectivity index (χ3n) is 1.81. The van der Waals surface area contributed by atoms with E-state index in [1.165, 1.54) is 0 Å². The number of nitrogens with zero attached hydrogens (tertiary/aromatic N) is 1. The molecule has 0 radical (unpaired) electrons. The second-order valence-electron chi connectivity index (χ2n) is 2.34. The van der Waals surface area contributed by atoms with Gasteiger partial charge in [0.2, 0.25) is 0 Å². The van der Waals surface area contributed by atoms with Gasteiger partial charge in [0, 0.05) is 18.6 Å². The van der Waals surface area contributed by atoms with Crippen molar-refractivity contribution in [2.45, 2.75) is 19.0 Å². The smallest absolute Gasteiger partial charge is 0.0323 e. The van der Waals surface area contributed by atoms with E-state index < -0.39 is 0 Å². The summed E-state index contributed by atoms with van der Waals surface area (Å²) in [6.45, 7) is 3.22. The Bertz CT molecular complexity index is 64.5. The molecular weight excluding hydrogens is 88.1 g/mol. The maximum Gasteiger partial charge on any atom is 0.0323 e. The number of hydrogen-bond donors (Lipinski definition) is 1. The Kier molecular flexibility index (Phi) is 1.05. The summed E-state index contributed by atoms with van der Waals surface area (Å²) in [5, 5.41) is 0. The normalized spacial score (nSPS) is 43.3. The Balaban J connectivity index is 2.29. The van der Waals surface area contributed by atoms with Gasteiger partial charge in [-0.2, -0.15) is 0 Å². The highest BCUT2D eigenvalue weighted by atomic mass is 15.2. The summed E-state index contributed by atoms with van der Waals surface area (Å²) in [6.07, 6.45) is 0. The number of hydrogen-bond acceptors (Lipinski definition) is 2. The Labute approximate surface area is 44.3 Å². The molecule has 1 aliphatic rings. The molecule has 0 aromatic carbocycles. The lowest BCUT2D eigenvalue weighted by Gasteiger charge is -2.41. The van der Waals surface area contributed by atoms with Crippen molar-refractivity contribution in [2.75, 3.05) is 13.6 Å². The molecule has 1 aliphatic heterocycles. The van der Waals surface area contributed by atoms with Crippen molar-refractivity contribution >= 4 is 0 Å². The van der Waals surface area contributed by atoms with Crippen LogP contribution in [-0.4, -0.2) is 30.6 Å². The lowest BCUT2D eigenvalue weighted by atomic mass is 10.0. The summed E-state index contributed by atoms with van der Waals surface area (Å²) in [7, 11) is 2.09. The molecule has 0 unspecified atom stereocenters. The van der Waals surface area contributed by atoms with Gasteiger partial charge >= 0.3 is 0 Å². The van der Waals surface area contributed by atoms with Crippen molar-refractivity contribution in [3.05, 3.63) is 0 Å². The molecule has 0 aromatic heterocycles. The Hall–Kier alpha value is -0.0800. The zero-order valence-corrected chi connectivity index (χ0v) is 4.89. The van der Waals surface area contributed by atoms with Crippen LogP contribution in [0, 0.1) is 0 Å². The third kappa shape index (κ3) is 0.640. The summed E-state index contributed by atoms with van der Waals surface area (Å²) in [5.74, 6) is 0. The van der Waals surface area contributed by atoms with E-state index in [0.29, 0.717) is 12.1 Å². The van der Waals surface area contributed by atoms with Crippen LogP contribution in [0.2, 0.25) is 0 Å². The molecule has 0 aromatic rings. The lowest BCUT2D eigenvalue weighted by molar-refractivity contribution is 0.109. The molecule has 1 heterocycles. The topological polar surface area (TPSA) is 29.3 Å². The van der Waals surface area contributed by atoms with E-state index in [9.17, 15) is 0 Å². The van der Waals surface area contributed by atoms with E-state index in [-0.39, 0.29) is 0 Å². The van der Waals surface area contributed by atoms with Crippen molar-refractivity contribution in [2.24, 2.45) is 5.73 Å². The van der Waals surface area contributed by atoms with Crippen LogP contribution in [0.25, 0.3) is 0 Å². The maximum absolute atomic E-state index is 5.57. The highest BCUT2D eigenvalue weighted by molar-refractivity contribution is 4.88. The Morgan fingerprint density at radius 1 is 1.71 bits per heavy atom. The highest BCUT2D eigenvalue weighted by Crippen LogP contribution is 2.10. The molecule has 1 fully saturated rings. The molecular formula is C5H12N2. The molecule has 0 amide bonds. The first-order chi connectivity index (χ1) is 3.22. The second kappa shape index (κ2) is 1.46. The van der Waals surface area contributed by atoms with Gasteiger partial charge in [0.15, 0.2) is 0 Å². The molecule has 42 valence electrons. The van der Waals surface area contributed by atoms with Crippen LogP contribution < -0.4 is 5.73 Å². The average molecular weight is 100 g/mol. The van der Waals surface area contributed by atoms with Gasteiger partial charge in [-0.3, -0.25) is 0 Å². The summed E-state index contributed by atoms with van der Waals surface area (Å²) in [6, 6.07) is 1.05. The summed E-state index contributed by atoms with van der Waals surface area (Å²) in [4.78, 5) is 2.24. The van der Waals surface area contributed by atoms with Gasteiger partial charge in [-0.25, -0.2) is 0 Å². The van der Waals surface area contributed by atoms with Gasteiger partial charge in [-0.05, 0) is 14.0 Å². The third-order valence-corrected chi connectivity index (χ3v) is 1.81. The number of likely N-dealkylation sites (tertiary alicyclic amines) is 1. The minimum absolute atomic E-state index is 0.435. The molecule has 2 nitrogen and oxygen atoms in total. The van der Waals surface area contributed by atoms with E-state index in [1.54, 1.807) is 0 Å². The fraction of sp³-hybridized carbons (Fsp3) is 1.00. The van der Waals surface area contributed by atoms with Crippen LogP contribution in [0.3, 0.4) is 0 Å². The quantitative estimate of drug-likeness (QED) is 0.450. The monoisotopic (exact) mass is 100 g/mol. The van der Waals surface area contributed by atoms with Crippen LogP contribution in [0.15, 0.2) is 0 Å². The Morgan fingerprint density at radius 3 is 2.29 bits per heavy atom. The van der Waals surface area contributed by atoms with E-state index in [2.05, 4.69) is 18.9 Å². The fourth-order valence-electron chi connectivity index (χ4n) is 0.840. The predicted molar refractivity (Wildman–Crippen MR) is 30.1 cm³/mol. The highest BCUT2D eigenvalue weighted by Gasteiger charge is 2.28. The first kappa shape index (κ1) is 5.06. The molecule has 0 aliphatic carbocycles. The Morgan fingerprint density at radius 2 is 2.29 bits per heavy atom. The van der Waals surface area contributed by atoms with Crippen molar-refractivity contribution in [3.8, 4) is 0 Å². The summed E-state index contributed by atoms with van der Waals surface area (Å²) in [5.41, 5.74) is 5.57. The summed E-state index contributed by atoms with van der Waals surface area (Å²) >= 11 is 0. The molecule has 7 heavy (non-hydrogen) atoms. The van der Waals surface area contributed by atoms with Crippen molar-refractivity contribution < 1.29 is 0 Å². The number of likely N-dealkylation sites (N-methyl/N-ethyl adjacent to an activating group) is 1. The van der Waals surface area contributed by atoms with E-state index in [0.717, 1.165) is 6.54 Å². The molecule has 1 saturated heterocycles. The average Bonchev–Trinajstić information content (AvgIpc) is 1.68. The van der Waals surface area contributed by atoms with Gasteiger partial charge in [-0.15, -0.1) is 0 Å². The molecule has 0 bridgehead atoms. The van der Waals surface area contributed by atoms with Crippen molar-refractivity contribution in [1.29, 1.82) is 0 Å². The lowest BCUT2D eigenvalue weighted by Crippen LogP contribution is -2.60. The molecule has 2 N–H and O–H groups in total. The molecule has 2 heteroatoms. The number of rotatable bonds is 0. The first-order valence-corrected chi connectivity index (χ1v) is 2.67. The van der Waals surface area contributed by atoms with Crippen LogP contribution in [0.4, 0.5) is 0 Å². The van der Waals surface area contributed by atoms with Crippen LogP contribution in [0.5, 0.6) is 0 Å². The molecule has 1 rings (SSSR count). The van der Waals surface area contributed by atoms with Crippen LogP contribution in [0.1, 0.15) is 6.92 Å². The minimum Gasteiger partial charge on any atom is -0.325 e. The zero-order valence-electron chi connectivity index (χ0n) is 4.89. The first-order valence-electron chi connectivity index (χ1n) is 2.67. The fourth-order valence-corrected chi connectivity index (χ4v) is 0.840. The van der Waals surface area contributed by atoms with Crippen molar-refractivity contribution in [1.82, 2.24) is 4.90 Å². The summed E-state index contributed by atoms with van der Waals surface area (Å²) < 4.78 is 0. The van der Waals surface area contributed by atoms with Crippen LogP contribution >= 0.6 is 0 Å². The van der Waals surface area contributed by atoms with Gasteiger partial charge in [0.05, 0.1) is 0 Å². The SMILES string of the molecule is C[C@@H]1[C@H](N)CN1C. The minimum atomic E-state index is 0.435. The van der Waals surface area contributed by atoms with Gasteiger partial charge in [0.1, 0.15) is 0 Å². The van der Waals surface area contributed by atoms with E-state index in [1.807, 2.05) is 0 Å². The van der Waals surface area contributed by atoms with Gasteiger partial charge < -0.3 is 10.6 Å². The van der Waals surface area contributed by atoms with E-state index in [4.69, 9.17) is 5.73 Å². The van der Waals surface area contributed by atoms with Gasteiger partial charge in [0.25, 0.3) is 0 Å². The standard InChI is InChI=1S/C5H12N2/c1-4-5(6)3-7(4)2/h4-5H,3,6H2,1-2H3/t4-,5-/m1/s1. The predicted octanol–water partition coefficient (Wildman–Crippen LogP) is -0.352. The molecule has 0 saturated carbocycles. The van der Waals surface area contributed by atoms with Crippen molar-refractivity contribution in [3.63, 3.8) is 0 Å². The second-order valence-corrected chi connectivity index (χ2v) is 2.34. The molecule has 2 atom stereocenters. The zero-order chi connectivity index (χ0) is 5.44.